The van der Waals surface area contributed by atoms with Crippen LogP contribution in [0.1, 0.15) is 55.4 Å². The lowest BCUT2D eigenvalue weighted by molar-refractivity contribution is -0.158. The molecule has 4 heteroatoms. The molecule has 0 bridgehead atoms. The Balaban J connectivity index is 5.10. The molecule has 0 N–H and O–H groups in total. The van der Waals surface area contributed by atoms with Gasteiger partial charge in [0.05, 0.1) is 18.3 Å². The molecule has 0 atom stereocenters. The quantitative estimate of drug-likeness (QED) is 0.451. The van der Waals surface area contributed by atoms with Crippen LogP contribution in [0.15, 0.2) is 17.4 Å². The second-order valence-electron chi connectivity index (χ2n) is 7.18. The lowest BCUT2D eigenvalue weighted by Gasteiger charge is -2.39. The molecule has 0 radical (unpaired) electrons. The highest BCUT2D eigenvalue weighted by molar-refractivity contribution is 5.89. The molecule has 21 heavy (non-hydrogen) atoms. The average molecular weight is 296 g/mol. The molecule has 0 heterocycles. The molecular formula is C17H28O4. The van der Waals surface area contributed by atoms with Crippen LogP contribution < -0.4 is 0 Å². The highest BCUT2D eigenvalue weighted by Crippen LogP contribution is 2.36. The molecule has 4 nitrogen and oxygen atoms in total. The minimum absolute atomic E-state index is 0.182. The molecule has 0 rings (SSSR count). The monoisotopic (exact) mass is 296 g/mol. The third-order valence-corrected chi connectivity index (χ3v) is 2.80. The number of rotatable bonds is 4. The maximum Gasteiger partial charge on any atom is 0.341 e. The van der Waals surface area contributed by atoms with Gasteiger partial charge in [-0.05, 0) is 24.7 Å². The Labute approximate surface area is 128 Å². The Morgan fingerprint density at radius 3 is 1.95 bits per heavy atom. The number of hydrogen-bond acceptors (Lipinski definition) is 4. The first-order valence-electron chi connectivity index (χ1n) is 7.20. The van der Waals surface area contributed by atoms with Gasteiger partial charge >= 0.3 is 11.9 Å². The average Bonchev–Trinajstić information content (AvgIpc) is 2.30. The van der Waals surface area contributed by atoms with Crippen LogP contribution >= 0.6 is 0 Å². The molecule has 0 aromatic carbocycles. The third kappa shape index (κ3) is 7.14. The van der Waals surface area contributed by atoms with Gasteiger partial charge in [0.1, 0.15) is 6.10 Å². The number of ether oxygens (including phenoxy) is 2. The molecule has 0 aromatic heterocycles. The number of hydrogen-bond donors (Lipinski definition) is 0. The van der Waals surface area contributed by atoms with Gasteiger partial charge in [0.2, 0.25) is 0 Å². The molecule has 0 aliphatic carbocycles. The van der Waals surface area contributed by atoms with E-state index in [9.17, 15) is 9.59 Å². The normalized spacial score (nSPS) is 11.7. The molecule has 0 aliphatic heterocycles. The van der Waals surface area contributed by atoms with Gasteiger partial charge in [-0.15, -0.1) is 5.73 Å². The van der Waals surface area contributed by atoms with Crippen molar-refractivity contribution in [3.05, 3.63) is 17.4 Å². The Hall–Kier alpha value is -1.54. The van der Waals surface area contributed by atoms with Crippen molar-refractivity contribution in [2.45, 2.75) is 61.5 Å². The molecule has 0 aliphatic rings. The van der Waals surface area contributed by atoms with E-state index in [1.165, 1.54) is 0 Å². The molecule has 0 saturated carbocycles. The fourth-order valence-electron chi connectivity index (χ4n) is 2.26. The summed E-state index contributed by atoms with van der Waals surface area (Å²) in [6.07, 6.45) is 0.861. The summed E-state index contributed by atoms with van der Waals surface area (Å²) < 4.78 is 10.4. The summed E-state index contributed by atoms with van der Waals surface area (Å²) in [7, 11) is 0. The fourth-order valence-corrected chi connectivity index (χ4v) is 2.26. The lowest BCUT2D eigenvalue weighted by atomic mass is 9.74. The van der Waals surface area contributed by atoms with E-state index in [4.69, 9.17) is 9.47 Å². The van der Waals surface area contributed by atoms with Crippen LogP contribution in [0.3, 0.4) is 0 Å². The molecule has 120 valence electrons. The maximum atomic E-state index is 12.1. The fraction of sp³-hybridized carbons (Fsp3) is 0.706. The van der Waals surface area contributed by atoms with Crippen LogP contribution in [0.25, 0.3) is 0 Å². The maximum absolute atomic E-state index is 12.1. The first-order valence-corrected chi connectivity index (χ1v) is 7.20. The largest absolute Gasteiger partial charge is 0.462 e. The highest BCUT2D eigenvalue weighted by Gasteiger charge is 2.38. The minimum Gasteiger partial charge on any atom is -0.462 e. The standard InChI is InChI=1S/C17H28O4/c1-9-20-13(18)11-10-12(2)14(19)21-15(16(3,4)5)17(6,7)8/h11,15H,9H2,1-8H3. The van der Waals surface area contributed by atoms with Crippen LogP contribution in [0.4, 0.5) is 0 Å². The van der Waals surface area contributed by atoms with Crippen LogP contribution in [-0.2, 0) is 19.1 Å². The summed E-state index contributed by atoms with van der Waals surface area (Å²) >= 11 is 0. The number of esters is 2. The van der Waals surface area contributed by atoms with Crippen molar-refractivity contribution >= 4 is 11.9 Å². The second kappa shape index (κ2) is 7.46. The third-order valence-electron chi connectivity index (χ3n) is 2.80. The zero-order valence-electron chi connectivity index (χ0n) is 14.5. The van der Waals surface area contributed by atoms with E-state index in [0.717, 1.165) is 6.08 Å². The van der Waals surface area contributed by atoms with Crippen molar-refractivity contribution < 1.29 is 19.1 Å². The van der Waals surface area contributed by atoms with Gasteiger partial charge in [-0.25, -0.2) is 9.59 Å². The van der Waals surface area contributed by atoms with E-state index in [2.05, 4.69) is 5.73 Å². The molecule has 0 spiro atoms. The lowest BCUT2D eigenvalue weighted by Crippen LogP contribution is -2.42. The zero-order chi connectivity index (χ0) is 16.8. The highest BCUT2D eigenvalue weighted by atomic mass is 16.5. The van der Waals surface area contributed by atoms with E-state index in [1.807, 2.05) is 41.5 Å². The van der Waals surface area contributed by atoms with E-state index >= 15 is 0 Å². The van der Waals surface area contributed by atoms with E-state index in [-0.39, 0.29) is 29.1 Å². The van der Waals surface area contributed by atoms with Gasteiger partial charge in [-0.1, -0.05) is 41.5 Å². The first kappa shape index (κ1) is 19.5. The van der Waals surface area contributed by atoms with Gasteiger partial charge in [0.25, 0.3) is 0 Å². The minimum atomic E-state index is -0.521. The predicted octanol–water partition coefficient (Wildman–Crippen LogP) is 3.65. The molecule has 0 fully saturated rings. The number of carbonyl (C=O) groups excluding carboxylic acids is 2. The van der Waals surface area contributed by atoms with Gasteiger partial charge in [0.15, 0.2) is 0 Å². The Morgan fingerprint density at radius 2 is 1.57 bits per heavy atom. The Morgan fingerprint density at radius 1 is 1.10 bits per heavy atom. The van der Waals surface area contributed by atoms with Crippen molar-refractivity contribution in [2.24, 2.45) is 10.8 Å². The van der Waals surface area contributed by atoms with Crippen LogP contribution in [-0.4, -0.2) is 24.6 Å². The van der Waals surface area contributed by atoms with Crippen molar-refractivity contribution in [3.8, 4) is 0 Å². The summed E-state index contributed by atoms with van der Waals surface area (Å²) in [5, 5.41) is 0. The summed E-state index contributed by atoms with van der Waals surface area (Å²) in [6, 6.07) is 0. The van der Waals surface area contributed by atoms with Crippen molar-refractivity contribution in [1.82, 2.24) is 0 Å². The molecule has 0 saturated heterocycles. The van der Waals surface area contributed by atoms with Gasteiger partial charge in [0, 0.05) is 0 Å². The zero-order valence-corrected chi connectivity index (χ0v) is 14.5. The first-order chi connectivity index (χ1) is 9.39. The van der Waals surface area contributed by atoms with Gasteiger partial charge in [-0.2, -0.15) is 0 Å². The van der Waals surface area contributed by atoms with Crippen molar-refractivity contribution in [1.29, 1.82) is 0 Å². The van der Waals surface area contributed by atoms with Gasteiger partial charge < -0.3 is 9.47 Å². The summed E-state index contributed by atoms with van der Waals surface area (Å²) in [5.41, 5.74) is 2.51. The second-order valence-corrected chi connectivity index (χ2v) is 7.18. The smallest absolute Gasteiger partial charge is 0.341 e. The van der Waals surface area contributed by atoms with Crippen LogP contribution in [0.2, 0.25) is 0 Å². The Bertz CT molecular complexity index is 426. The summed E-state index contributed by atoms with van der Waals surface area (Å²) in [6.45, 7) is 15.8. The molecule has 0 aromatic rings. The molecular weight excluding hydrogens is 268 g/mol. The number of carbonyl (C=O) groups is 2. The van der Waals surface area contributed by atoms with E-state index < -0.39 is 11.9 Å². The summed E-state index contributed by atoms with van der Waals surface area (Å²) in [5.74, 6) is -0.988. The van der Waals surface area contributed by atoms with E-state index in [0.29, 0.717) is 0 Å². The molecule has 0 unspecified atom stereocenters. The topological polar surface area (TPSA) is 52.6 Å². The van der Waals surface area contributed by atoms with Crippen LogP contribution in [0, 0.1) is 10.8 Å². The predicted molar refractivity (Wildman–Crippen MR) is 82.7 cm³/mol. The van der Waals surface area contributed by atoms with E-state index in [1.54, 1.807) is 13.8 Å². The van der Waals surface area contributed by atoms with Gasteiger partial charge in [-0.3, -0.25) is 0 Å². The summed E-state index contributed by atoms with van der Waals surface area (Å²) in [4.78, 5) is 23.3. The van der Waals surface area contributed by atoms with Crippen molar-refractivity contribution in [3.63, 3.8) is 0 Å². The molecule has 0 amide bonds. The Kier molecular flexibility index (Phi) is 6.92. The van der Waals surface area contributed by atoms with Crippen molar-refractivity contribution in [2.75, 3.05) is 6.61 Å². The van der Waals surface area contributed by atoms with Crippen LogP contribution in [0.5, 0.6) is 0 Å². The SMILES string of the molecule is CCOC(=O)C=C=C(C)C(=O)OC(C(C)(C)C)C(C)(C)C.